The third-order valence-electron chi connectivity index (χ3n) is 5.70. The second-order valence-corrected chi connectivity index (χ2v) is 8.32. The van der Waals surface area contributed by atoms with E-state index in [1.807, 2.05) is 18.7 Å². The normalized spacial score (nSPS) is 24.4. The van der Waals surface area contributed by atoms with Crippen LogP contribution in [-0.4, -0.2) is 66.9 Å². The van der Waals surface area contributed by atoms with Gasteiger partial charge in [0.1, 0.15) is 0 Å². The van der Waals surface area contributed by atoms with Crippen LogP contribution in [0.1, 0.15) is 46.5 Å². The molecule has 2 aliphatic heterocycles. The molecule has 0 aromatic heterocycles. The molecule has 2 fully saturated rings. The van der Waals surface area contributed by atoms with Crippen LogP contribution in [0.3, 0.4) is 0 Å². The first kappa shape index (κ1) is 20.2. The Hall–Kier alpha value is -1.14. The number of carbonyl (C=O) groups excluding carboxylic acids is 2. The van der Waals surface area contributed by atoms with Gasteiger partial charge in [0.2, 0.25) is 11.8 Å². The molecule has 6 heteroatoms. The lowest BCUT2D eigenvalue weighted by Crippen LogP contribution is -2.50. The van der Waals surface area contributed by atoms with Gasteiger partial charge in [0.05, 0.1) is 12.6 Å². The fraction of sp³-hybridized carbons (Fsp3) is 0.895. The predicted molar refractivity (Wildman–Crippen MR) is 100.0 cm³/mol. The van der Waals surface area contributed by atoms with Crippen molar-refractivity contribution in [3.8, 4) is 0 Å². The first-order valence-corrected chi connectivity index (χ1v) is 9.90. The number of likely N-dealkylation sites (tertiary alicyclic amines) is 2. The van der Waals surface area contributed by atoms with Gasteiger partial charge in [0.25, 0.3) is 0 Å². The lowest BCUT2D eigenvalue weighted by Gasteiger charge is -2.38. The summed E-state index contributed by atoms with van der Waals surface area (Å²) in [4.78, 5) is 28.8. The summed E-state index contributed by atoms with van der Waals surface area (Å²) in [7, 11) is 0. The Balaban J connectivity index is 1.74. The summed E-state index contributed by atoms with van der Waals surface area (Å²) in [5.74, 6) is 1.25. The summed E-state index contributed by atoms with van der Waals surface area (Å²) in [6, 6.07) is -0.552. The van der Waals surface area contributed by atoms with Crippen LogP contribution >= 0.6 is 0 Å². The molecule has 1 unspecified atom stereocenters. The van der Waals surface area contributed by atoms with Gasteiger partial charge in [-0.25, -0.2) is 0 Å². The molecule has 0 aromatic rings. The van der Waals surface area contributed by atoms with Crippen LogP contribution < -0.4 is 11.1 Å². The first-order valence-electron chi connectivity index (χ1n) is 9.90. The summed E-state index contributed by atoms with van der Waals surface area (Å²) in [5.41, 5.74) is 5.82. The molecule has 0 aromatic carbocycles. The Morgan fingerprint density at radius 1 is 1.16 bits per heavy atom. The number of piperidine rings is 2. The monoisotopic (exact) mass is 352 g/mol. The minimum absolute atomic E-state index is 0.0151. The van der Waals surface area contributed by atoms with E-state index in [0.717, 1.165) is 32.0 Å². The highest BCUT2D eigenvalue weighted by Crippen LogP contribution is 2.21. The predicted octanol–water partition coefficient (Wildman–Crippen LogP) is 1.06. The van der Waals surface area contributed by atoms with Gasteiger partial charge in [-0.15, -0.1) is 0 Å². The largest absolute Gasteiger partial charge is 0.346 e. The maximum Gasteiger partial charge on any atom is 0.241 e. The van der Waals surface area contributed by atoms with Crippen molar-refractivity contribution in [2.75, 3.05) is 39.3 Å². The van der Waals surface area contributed by atoms with Crippen molar-refractivity contribution in [2.45, 2.75) is 52.5 Å². The summed E-state index contributed by atoms with van der Waals surface area (Å²) in [6.07, 6.45) is 4.83. The van der Waals surface area contributed by atoms with Gasteiger partial charge in [-0.3, -0.25) is 9.59 Å². The number of hydrogen-bond acceptors (Lipinski definition) is 4. The Morgan fingerprint density at radius 3 is 2.48 bits per heavy atom. The molecule has 0 bridgehead atoms. The molecule has 2 saturated heterocycles. The van der Waals surface area contributed by atoms with Crippen molar-refractivity contribution in [3.05, 3.63) is 0 Å². The van der Waals surface area contributed by atoms with Crippen molar-refractivity contribution in [3.63, 3.8) is 0 Å². The number of amides is 2. The molecule has 6 nitrogen and oxygen atoms in total. The van der Waals surface area contributed by atoms with E-state index in [2.05, 4.69) is 17.1 Å². The topological polar surface area (TPSA) is 78.7 Å². The maximum atomic E-state index is 12.4. The Labute approximate surface area is 152 Å². The molecule has 144 valence electrons. The SMILES string of the molecule is CC1CCN(CC2CCCN(C(=O)CNC(=O)[C@@H](N)C(C)C)C2)CC1. The zero-order valence-corrected chi connectivity index (χ0v) is 16.2. The minimum Gasteiger partial charge on any atom is -0.346 e. The zero-order chi connectivity index (χ0) is 18.4. The third-order valence-corrected chi connectivity index (χ3v) is 5.70. The highest BCUT2D eigenvalue weighted by molar-refractivity contribution is 5.87. The van der Waals surface area contributed by atoms with E-state index in [0.29, 0.717) is 5.92 Å². The summed E-state index contributed by atoms with van der Waals surface area (Å²) in [6.45, 7) is 11.3. The first-order chi connectivity index (χ1) is 11.9. The van der Waals surface area contributed by atoms with Crippen molar-refractivity contribution in [1.29, 1.82) is 0 Å². The van der Waals surface area contributed by atoms with Crippen molar-refractivity contribution in [1.82, 2.24) is 15.1 Å². The highest BCUT2D eigenvalue weighted by atomic mass is 16.2. The molecule has 0 aliphatic carbocycles. The summed E-state index contributed by atoms with van der Waals surface area (Å²) >= 11 is 0. The number of nitrogens with one attached hydrogen (secondary N) is 1. The van der Waals surface area contributed by atoms with Crippen molar-refractivity contribution < 1.29 is 9.59 Å². The van der Waals surface area contributed by atoms with Crippen LogP contribution in [0.5, 0.6) is 0 Å². The van der Waals surface area contributed by atoms with E-state index in [4.69, 9.17) is 5.73 Å². The number of nitrogens with zero attached hydrogens (tertiary/aromatic N) is 2. The highest BCUT2D eigenvalue weighted by Gasteiger charge is 2.27. The second kappa shape index (κ2) is 9.53. The van der Waals surface area contributed by atoms with Gasteiger partial charge < -0.3 is 20.9 Å². The van der Waals surface area contributed by atoms with Gasteiger partial charge >= 0.3 is 0 Å². The van der Waals surface area contributed by atoms with Crippen LogP contribution in [-0.2, 0) is 9.59 Å². The minimum atomic E-state index is -0.552. The molecule has 3 N–H and O–H groups in total. The lowest BCUT2D eigenvalue weighted by atomic mass is 9.94. The van der Waals surface area contributed by atoms with Gasteiger partial charge in [-0.05, 0) is 56.5 Å². The molecule has 2 aliphatic rings. The molecule has 0 saturated carbocycles. The molecule has 0 spiro atoms. The molecular formula is C19H36N4O2. The van der Waals surface area contributed by atoms with E-state index < -0.39 is 6.04 Å². The number of carbonyl (C=O) groups is 2. The molecule has 2 atom stereocenters. The Bertz CT molecular complexity index is 447. The third kappa shape index (κ3) is 6.26. The van der Waals surface area contributed by atoms with E-state index >= 15 is 0 Å². The van der Waals surface area contributed by atoms with Gasteiger partial charge in [0, 0.05) is 19.6 Å². The van der Waals surface area contributed by atoms with Crippen molar-refractivity contribution in [2.24, 2.45) is 23.5 Å². The van der Waals surface area contributed by atoms with Crippen molar-refractivity contribution >= 4 is 11.8 Å². The number of hydrogen-bond donors (Lipinski definition) is 2. The molecule has 25 heavy (non-hydrogen) atoms. The fourth-order valence-corrected chi connectivity index (χ4v) is 3.75. The quantitative estimate of drug-likeness (QED) is 0.749. The smallest absolute Gasteiger partial charge is 0.241 e. The van der Waals surface area contributed by atoms with Gasteiger partial charge in [-0.2, -0.15) is 0 Å². The Kier molecular flexibility index (Phi) is 7.69. The van der Waals surface area contributed by atoms with E-state index in [1.54, 1.807) is 0 Å². The summed E-state index contributed by atoms with van der Waals surface area (Å²) in [5, 5.41) is 2.70. The second-order valence-electron chi connectivity index (χ2n) is 8.32. The maximum absolute atomic E-state index is 12.4. The fourth-order valence-electron chi connectivity index (χ4n) is 3.75. The molecule has 0 radical (unpaired) electrons. The van der Waals surface area contributed by atoms with Crippen LogP contribution in [0, 0.1) is 17.8 Å². The summed E-state index contributed by atoms with van der Waals surface area (Å²) < 4.78 is 0. The van der Waals surface area contributed by atoms with E-state index in [1.165, 1.54) is 32.4 Å². The standard InChI is InChI=1S/C19H36N4O2/c1-14(2)18(20)19(25)21-11-17(24)23-8-4-5-16(13-23)12-22-9-6-15(3)7-10-22/h14-16,18H,4-13,20H2,1-3H3,(H,21,25)/t16?,18-/m0/s1. The van der Waals surface area contributed by atoms with Crippen LogP contribution in [0.2, 0.25) is 0 Å². The van der Waals surface area contributed by atoms with Gasteiger partial charge in [-0.1, -0.05) is 20.8 Å². The molecule has 2 amide bonds. The number of nitrogens with two attached hydrogens (primary N) is 1. The number of rotatable bonds is 6. The Morgan fingerprint density at radius 2 is 1.84 bits per heavy atom. The van der Waals surface area contributed by atoms with E-state index in [-0.39, 0.29) is 24.3 Å². The van der Waals surface area contributed by atoms with Crippen LogP contribution in [0.15, 0.2) is 0 Å². The molecule has 2 heterocycles. The zero-order valence-electron chi connectivity index (χ0n) is 16.2. The van der Waals surface area contributed by atoms with Crippen LogP contribution in [0.25, 0.3) is 0 Å². The average Bonchev–Trinajstić information content (AvgIpc) is 2.60. The lowest BCUT2D eigenvalue weighted by molar-refractivity contribution is -0.135. The molecular weight excluding hydrogens is 316 g/mol. The van der Waals surface area contributed by atoms with Crippen LogP contribution in [0.4, 0.5) is 0 Å². The average molecular weight is 353 g/mol. The van der Waals surface area contributed by atoms with E-state index in [9.17, 15) is 9.59 Å². The molecule has 2 rings (SSSR count). The van der Waals surface area contributed by atoms with Gasteiger partial charge in [0.15, 0.2) is 0 Å².